The molecule has 2 nitrogen and oxygen atoms in total. The van der Waals surface area contributed by atoms with Crippen LogP contribution in [0.15, 0.2) is 48.5 Å². The summed E-state index contributed by atoms with van der Waals surface area (Å²) in [6.45, 7) is 3.60. The second kappa shape index (κ2) is 7.21. The first-order chi connectivity index (χ1) is 10.3. The summed E-state index contributed by atoms with van der Waals surface area (Å²) >= 11 is 7.95. The molecule has 0 unspecified atom stereocenters. The predicted octanol–water partition coefficient (Wildman–Crippen LogP) is 3.26. The summed E-state index contributed by atoms with van der Waals surface area (Å²) < 4.78 is 5.89. The summed E-state index contributed by atoms with van der Waals surface area (Å²) in [5.41, 5.74) is 1.34. The lowest BCUT2D eigenvalue weighted by Crippen LogP contribution is -3.12. The van der Waals surface area contributed by atoms with Crippen molar-refractivity contribution in [3.8, 4) is 11.5 Å². The lowest BCUT2D eigenvalue weighted by Gasteiger charge is -2.23. The quantitative estimate of drug-likeness (QED) is 0.929. The number of rotatable bonds is 4. The summed E-state index contributed by atoms with van der Waals surface area (Å²) in [6, 6.07) is 15.9. The molecule has 0 amide bonds. The first-order valence-electron chi connectivity index (χ1n) is 7.23. The van der Waals surface area contributed by atoms with Crippen molar-refractivity contribution in [3.63, 3.8) is 0 Å². The van der Waals surface area contributed by atoms with E-state index in [2.05, 4.69) is 30.0 Å². The zero-order valence-electron chi connectivity index (χ0n) is 11.8. The number of quaternary nitrogens is 1. The summed E-state index contributed by atoms with van der Waals surface area (Å²) in [6.07, 6.45) is 0. The van der Waals surface area contributed by atoms with Crippen molar-refractivity contribution in [2.45, 2.75) is 6.54 Å². The van der Waals surface area contributed by atoms with E-state index in [1.807, 2.05) is 30.3 Å². The molecule has 1 heterocycles. The molecule has 21 heavy (non-hydrogen) atoms. The van der Waals surface area contributed by atoms with Gasteiger partial charge in [0.2, 0.25) is 0 Å². The zero-order valence-corrected chi connectivity index (χ0v) is 13.4. The molecule has 0 atom stereocenters. The minimum atomic E-state index is 0.725. The summed E-state index contributed by atoms with van der Waals surface area (Å²) in [4.78, 5) is 1.66. The van der Waals surface area contributed by atoms with Crippen molar-refractivity contribution in [1.82, 2.24) is 0 Å². The minimum Gasteiger partial charge on any atom is -0.457 e. The van der Waals surface area contributed by atoms with Crippen molar-refractivity contribution < 1.29 is 9.64 Å². The Kier molecular flexibility index (Phi) is 5.07. The molecular weight excluding hydrogens is 302 g/mol. The molecule has 0 bridgehead atoms. The number of hydrogen-bond donors (Lipinski definition) is 1. The largest absolute Gasteiger partial charge is 0.457 e. The lowest BCUT2D eigenvalue weighted by atomic mass is 10.2. The molecular formula is C17H19ClNOS+. The highest BCUT2D eigenvalue weighted by molar-refractivity contribution is 7.99. The van der Waals surface area contributed by atoms with Crippen LogP contribution in [0, 0.1) is 0 Å². The highest BCUT2D eigenvalue weighted by atomic mass is 35.5. The molecule has 1 N–H and O–H groups in total. The van der Waals surface area contributed by atoms with Gasteiger partial charge in [0.15, 0.2) is 0 Å². The van der Waals surface area contributed by atoms with Gasteiger partial charge < -0.3 is 9.64 Å². The zero-order chi connectivity index (χ0) is 14.5. The van der Waals surface area contributed by atoms with E-state index in [0.717, 1.165) is 23.1 Å². The van der Waals surface area contributed by atoms with Crippen LogP contribution in [0.3, 0.4) is 0 Å². The number of benzene rings is 2. The van der Waals surface area contributed by atoms with Crippen molar-refractivity contribution in [1.29, 1.82) is 0 Å². The van der Waals surface area contributed by atoms with E-state index in [4.69, 9.17) is 16.3 Å². The van der Waals surface area contributed by atoms with Gasteiger partial charge in [-0.2, -0.15) is 11.8 Å². The molecule has 1 aliphatic rings. The van der Waals surface area contributed by atoms with Crippen LogP contribution in [-0.2, 0) is 6.54 Å². The first-order valence-corrected chi connectivity index (χ1v) is 8.76. The van der Waals surface area contributed by atoms with Crippen LogP contribution in [0.25, 0.3) is 0 Å². The van der Waals surface area contributed by atoms with Gasteiger partial charge in [-0.15, -0.1) is 0 Å². The predicted molar refractivity (Wildman–Crippen MR) is 89.7 cm³/mol. The van der Waals surface area contributed by atoms with Gasteiger partial charge in [-0.1, -0.05) is 23.7 Å². The molecule has 4 heteroatoms. The lowest BCUT2D eigenvalue weighted by molar-refractivity contribution is -0.910. The molecule has 1 saturated heterocycles. The average Bonchev–Trinajstić information content (AvgIpc) is 2.51. The minimum absolute atomic E-state index is 0.725. The standard InChI is InChI=1S/C17H18ClNOS/c18-15-4-6-16(7-5-15)20-17-3-1-2-14(12-17)13-19-8-10-21-11-9-19/h1-7,12H,8-11,13H2/p+1. The van der Waals surface area contributed by atoms with Crippen LogP contribution in [-0.4, -0.2) is 24.6 Å². The molecule has 0 saturated carbocycles. The van der Waals surface area contributed by atoms with Crippen LogP contribution in [0.2, 0.25) is 5.02 Å². The van der Waals surface area contributed by atoms with E-state index in [1.165, 1.54) is 30.2 Å². The fourth-order valence-corrected chi connectivity index (χ4v) is 3.68. The smallest absolute Gasteiger partial charge is 0.127 e. The number of halogens is 1. The fraction of sp³-hybridized carbons (Fsp3) is 0.294. The third-order valence-electron chi connectivity index (χ3n) is 3.60. The molecule has 0 aliphatic carbocycles. The number of thioether (sulfide) groups is 1. The van der Waals surface area contributed by atoms with Crippen LogP contribution in [0.4, 0.5) is 0 Å². The van der Waals surface area contributed by atoms with Crippen LogP contribution < -0.4 is 9.64 Å². The normalized spacial score (nSPS) is 15.9. The second-order valence-corrected chi connectivity index (χ2v) is 6.90. The summed E-state index contributed by atoms with van der Waals surface area (Å²) in [5, 5.41) is 0.725. The molecule has 1 aliphatic heterocycles. The van der Waals surface area contributed by atoms with Crippen molar-refractivity contribution in [3.05, 3.63) is 59.1 Å². The third-order valence-corrected chi connectivity index (χ3v) is 4.84. The van der Waals surface area contributed by atoms with Crippen molar-refractivity contribution in [2.75, 3.05) is 24.6 Å². The van der Waals surface area contributed by atoms with E-state index < -0.39 is 0 Å². The van der Waals surface area contributed by atoms with Gasteiger partial charge in [-0.05, 0) is 36.4 Å². The van der Waals surface area contributed by atoms with E-state index in [0.29, 0.717) is 0 Å². The van der Waals surface area contributed by atoms with Gasteiger partial charge in [-0.3, -0.25) is 0 Å². The van der Waals surface area contributed by atoms with Crippen LogP contribution >= 0.6 is 23.4 Å². The Bertz CT molecular complexity index is 582. The third kappa shape index (κ3) is 4.40. The Labute approximate surface area is 135 Å². The van der Waals surface area contributed by atoms with Gasteiger partial charge >= 0.3 is 0 Å². The highest BCUT2D eigenvalue weighted by Gasteiger charge is 2.14. The maximum absolute atomic E-state index is 5.89. The molecule has 1 fully saturated rings. The fourth-order valence-electron chi connectivity index (χ4n) is 2.48. The van der Waals surface area contributed by atoms with Gasteiger partial charge in [0.1, 0.15) is 18.0 Å². The Morgan fingerprint density at radius 2 is 1.76 bits per heavy atom. The maximum Gasteiger partial charge on any atom is 0.127 e. The van der Waals surface area contributed by atoms with Crippen molar-refractivity contribution in [2.24, 2.45) is 0 Å². The first kappa shape index (κ1) is 14.8. The van der Waals surface area contributed by atoms with E-state index in [-0.39, 0.29) is 0 Å². The number of hydrogen-bond acceptors (Lipinski definition) is 2. The Balaban J connectivity index is 1.66. The molecule has 0 aromatic heterocycles. The monoisotopic (exact) mass is 320 g/mol. The Morgan fingerprint density at radius 3 is 2.52 bits per heavy atom. The molecule has 2 aromatic rings. The number of nitrogens with one attached hydrogen (secondary N) is 1. The molecule has 2 aromatic carbocycles. The maximum atomic E-state index is 5.89. The molecule has 3 rings (SSSR count). The number of ether oxygens (including phenoxy) is 1. The summed E-state index contributed by atoms with van der Waals surface area (Å²) in [7, 11) is 0. The van der Waals surface area contributed by atoms with E-state index >= 15 is 0 Å². The SMILES string of the molecule is Clc1ccc(Oc2cccc(C[NH+]3CCSCC3)c2)cc1. The van der Waals surface area contributed by atoms with Crippen molar-refractivity contribution >= 4 is 23.4 Å². The molecule has 110 valence electrons. The van der Waals surface area contributed by atoms with Gasteiger partial charge in [-0.25, -0.2) is 0 Å². The highest BCUT2D eigenvalue weighted by Crippen LogP contribution is 2.23. The summed E-state index contributed by atoms with van der Waals surface area (Å²) in [5.74, 6) is 4.26. The van der Waals surface area contributed by atoms with Crippen LogP contribution in [0.1, 0.15) is 5.56 Å². The van der Waals surface area contributed by atoms with E-state index in [1.54, 1.807) is 4.90 Å². The van der Waals surface area contributed by atoms with Gasteiger partial charge in [0.25, 0.3) is 0 Å². The van der Waals surface area contributed by atoms with Crippen LogP contribution in [0.5, 0.6) is 11.5 Å². The topological polar surface area (TPSA) is 13.7 Å². The molecule has 0 radical (unpaired) electrons. The molecule has 0 spiro atoms. The van der Waals surface area contributed by atoms with Gasteiger partial charge in [0, 0.05) is 22.1 Å². The Morgan fingerprint density at radius 1 is 1.00 bits per heavy atom. The average molecular weight is 321 g/mol. The second-order valence-electron chi connectivity index (χ2n) is 5.24. The van der Waals surface area contributed by atoms with Gasteiger partial charge in [0.05, 0.1) is 13.1 Å². The Hall–Kier alpha value is -1.16. The van der Waals surface area contributed by atoms with E-state index in [9.17, 15) is 0 Å².